The third-order valence-electron chi connectivity index (χ3n) is 21.3. The average molecular weight is 1720 g/mol. The van der Waals surface area contributed by atoms with Crippen molar-refractivity contribution in [1.82, 2.24) is 42.5 Å². The summed E-state index contributed by atoms with van der Waals surface area (Å²) in [7, 11) is 0. The Hall–Kier alpha value is -5.94. The summed E-state index contributed by atoms with van der Waals surface area (Å²) in [6.07, 6.45) is -36.2. The summed E-state index contributed by atoms with van der Waals surface area (Å²) in [5.74, 6) is -8.66. The van der Waals surface area contributed by atoms with Gasteiger partial charge < -0.3 is 172 Å². The van der Waals surface area contributed by atoms with Gasteiger partial charge in [-0.25, -0.2) is 0 Å². The van der Waals surface area contributed by atoms with Crippen LogP contribution in [0.4, 0.5) is 0 Å². The lowest BCUT2D eigenvalue weighted by atomic mass is 9.93. The van der Waals surface area contributed by atoms with Gasteiger partial charge in [0, 0.05) is 83.1 Å². The number of hydrogen-bond acceptors (Lipinski definition) is 36. The van der Waals surface area contributed by atoms with E-state index in [1.54, 1.807) is 0 Å². The molecule has 5 aliphatic rings. The van der Waals surface area contributed by atoms with Crippen molar-refractivity contribution in [2.75, 3.05) is 72.3 Å². The van der Waals surface area contributed by atoms with E-state index < -0.39 is 262 Å². The second-order valence-corrected chi connectivity index (χ2v) is 30.8. The molecule has 0 aromatic carbocycles. The van der Waals surface area contributed by atoms with Crippen LogP contribution in [0, 0.1) is 11.8 Å². The smallest absolute Gasteiger partial charge is 0.242 e. The zero-order valence-corrected chi connectivity index (χ0v) is 68.3. The molecule has 30 atom stereocenters. The van der Waals surface area contributed by atoms with E-state index in [4.69, 9.17) is 53.1 Å². The molecule has 8 amide bonds. The lowest BCUT2D eigenvalue weighted by molar-refractivity contribution is -0.292. The third kappa shape index (κ3) is 34.3. The maximum absolute atomic E-state index is 14.3. The molecule has 0 saturated carbocycles. The fourth-order valence-corrected chi connectivity index (χ4v) is 13.7. The van der Waals surface area contributed by atoms with Crippen LogP contribution in [0.25, 0.3) is 0 Å². The number of nitrogens with two attached hydrogens (primary N) is 1. The van der Waals surface area contributed by atoms with Gasteiger partial charge in [-0.05, 0) is 112 Å². The third-order valence-corrected chi connectivity index (χ3v) is 21.3. The van der Waals surface area contributed by atoms with Crippen LogP contribution in [0.5, 0.6) is 0 Å². The molecule has 686 valence electrons. The van der Waals surface area contributed by atoms with Crippen LogP contribution in [-0.2, 0) is 95.3 Å². The summed E-state index contributed by atoms with van der Waals surface area (Å²) in [6, 6.07) is -3.55. The van der Waals surface area contributed by atoms with Gasteiger partial charge in [0.15, 0.2) is 37.2 Å². The maximum atomic E-state index is 14.3. The fourth-order valence-electron chi connectivity index (χ4n) is 13.7. The summed E-state index contributed by atoms with van der Waals surface area (Å²) >= 11 is 0. The SMILES string of the molecule is CC(=O)[C@H](CCCCN)NC(=O)CCCCC(=O)N[C@@H](CCC(=O)C[C@@H](CCC(=O)N[C@@H](CCCC[C@@H](CCC(=O)NCCO[C@@H]1O[C@@H](C)[C@@H](O)[C@@H](O)[C@@H]1O)C(=O)NCCO[C@@H]1O[C@@H](C)[C@@H](O)[C@@H](O)[C@@H]1O)C(=O)NCCO[C@@H]1O[C@@H](C)[C@@H](O)[C@@H](O)[C@@H]1O)C(=O)NCCO[C@@H]1O[C@@H](C)[C@@H](O)[C@@H](O)[C@@H]1O)C(=O)NCCO[C@@H]1O[C@@H](C)[C@@H](O)[C@@H](O)[C@@H]1O. The Morgan fingerprint density at radius 2 is 0.588 bits per heavy atom. The molecule has 5 heterocycles. The van der Waals surface area contributed by atoms with E-state index >= 15 is 0 Å². The number of ether oxygens (including phenoxy) is 10. The number of ketones is 2. The number of carbonyl (C=O) groups is 10. The quantitative estimate of drug-likeness (QED) is 0.0252. The summed E-state index contributed by atoms with van der Waals surface area (Å²) in [5, 5.41) is 176. The van der Waals surface area contributed by atoms with Gasteiger partial charge in [0.05, 0.1) is 69.6 Å². The van der Waals surface area contributed by atoms with E-state index in [1.165, 1.54) is 41.5 Å². The summed E-state index contributed by atoms with van der Waals surface area (Å²) < 4.78 is 55.2. The Labute approximate surface area is 689 Å². The molecule has 5 rings (SSSR count). The lowest BCUT2D eigenvalue weighted by Gasteiger charge is -2.38. The van der Waals surface area contributed by atoms with E-state index in [0.717, 1.165) is 0 Å². The predicted octanol–water partition coefficient (Wildman–Crippen LogP) is -9.39. The van der Waals surface area contributed by atoms with E-state index in [1.807, 2.05) is 0 Å². The van der Waals surface area contributed by atoms with Gasteiger partial charge in [-0.3, -0.25) is 47.9 Å². The van der Waals surface area contributed by atoms with Crippen LogP contribution >= 0.6 is 0 Å². The molecule has 5 aliphatic heterocycles. The van der Waals surface area contributed by atoms with Crippen LogP contribution in [0.2, 0.25) is 0 Å². The number of aliphatic hydroxyl groups excluding tert-OH is 15. The molecule has 5 fully saturated rings. The van der Waals surface area contributed by atoms with Gasteiger partial charge in [0.1, 0.15) is 109 Å². The average Bonchev–Trinajstić information content (AvgIpc) is 0.844. The Morgan fingerprint density at radius 3 is 0.950 bits per heavy atom. The van der Waals surface area contributed by atoms with E-state index in [-0.39, 0.29) is 142 Å². The minimum absolute atomic E-state index is 0.0493. The van der Waals surface area contributed by atoms with Crippen molar-refractivity contribution >= 4 is 58.8 Å². The molecule has 0 aliphatic carbocycles. The van der Waals surface area contributed by atoms with Crippen molar-refractivity contribution in [1.29, 1.82) is 0 Å². The first kappa shape index (κ1) is 104. The van der Waals surface area contributed by atoms with Crippen molar-refractivity contribution in [3.05, 3.63) is 0 Å². The number of rotatable bonds is 53. The number of aliphatic hydroxyl groups is 15. The predicted molar refractivity (Wildman–Crippen MR) is 407 cm³/mol. The minimum atomic E-state index is -1.71. The molecule has 44 heteroatoms. The molecule has 0 radical (unpaired) electrons. The minimum Gasteiger partial charge on any atom is -0.388 e. The topological polar surface area (TPSA) is 689 Å². The maximum Gasteiger partial charge on any atom is 0.242 e. The normalized spacial score (nSPS) is 32.2. The molecule has 0 spiro atoms. The summed E-state index contributed by atoms with van der Waals surface area (Å²) in [4.78, 5) is 137. The molecule has 44 nitrogen and oxygen atoms in total. The second-order valence-electron chi connectivity index (χ2n) is 30.8. The summed E-state index contributed by atoms with van der Waals surface area (Å²) in [5.41, 5.74) is 5.58. The van der Waals surface area contributed by atoms with Gasteiger partial charge in [-0.1, -0.05) is 12.8 Å². The number of unbranched alkanes of at least 4 members (excludes halogenated alkanes) is 3. The molecule has 0 bridgehead atoms. The highest BCUT2D eigenvalue weighted by atomic mass is 16.7. The van der Waals surface area contributed by atoms with Crippen LogP contribution in [0.3, 0.4) is 0 Å². The van der Waals surface area contributed by atoms with Crippen LogP contribution in [0.15, 0.2) is 0 Å². The van der Waals surface area contributed by atoms with Crippen LogP contribution in [0.1, 0.15) is 157 Å². The highest BCUT2D eigenvalue weighted by Crippen LogP contribution is 2.28. The zero-order chi connectivity index (χ0) is 88.3. The van der Waals surface area contributed by atoms with Crippen molar-refractivity contribution in [3.63, 3.8) is 0 Å². The largest absolute Gasteiger partial charge is 0.388 e. The van der Waals surface area contributed by atoms with Gasteiger partial charge >= 0.3 is 0 Å². The molecule has 0 aromatic heterocycles. The number of nitrogens with one attached hydrogen (secondary N) is 8. The van der Waals surface area contributed by atoms with Gasteiger partial charge in [0.25, 0.3) is 0 Å². The Bertz CT molecular complexity index is 3110. The van der Waals surface area contributed by atoms with Crippen molar-refractivity contribution in [3.8, 4) is 0 Å². The molecule has 5 saturated heterocycles. The lowest BCUT2D eigenvalue weighted by Crippen LogP contribution is -2.57. The first-order valence-electron chi connectivity index (χ1n) is 40.9. The van der Waals surface area contributed by atoms with Gasteiger partial charge in [0.2, 0.25) is 47.3 Å². The van der Waals surface area contributed by atoms with E-state index in [9.17, 15) is 125 Å². The van der Waals surface area contributed by atoms with Crippen LogP contribution in [-0.4, -0.2) is 379 Å². The Kier molecular flexibility index (Phi) is 46.4. The highest BCUT2D eigenvalue weighted by molar-refractivity contribution is 5.91. The van der Waals surface area contributed by atoms with E-state index in [2.05, 4.69) is 42.5 Å². The van der Waals surface area contributed by atoms with Crippen molar-refractivity contribution < 1.29 is 172 Å². The summed E-state index contributed by atoms with van der Waals surface area (Å²) in [6.45, 7) is 6.26. The standard InChI is InChI=1S/C75H131N9O35/c1-36(85)45(14-11-12-24-76)82-49(88)16-9-10-17-50(89)84-47(70(109)81-29-34-114-75-66(105)61(100)56(95)41(6)119-75)21-20-44(86)35-43(68(107)79-27-32-112-73-64(103)59(98)54(93)39(4)117-73)19-23-51(90)83-46(69(108)80-28-33-113-74-65(104)60(99)55(94)40(5)118-74)15-8-7-13-42(67(106)78-26-31-111-72-63(102)58(97)53(92)38(3)116-72)18-22-48(87)77-25-30-110-71-62(101)57(96)52(91)37(2)115-71/h37-43,45-47,52-66,71-75,91-105H,7-35,76H2,1-6H3,(H,77,87)(H,78,106)(H,79,107)(H,80,108)(H,81,109)(H,82,88)(H,83,90)(H,84,89)/t37-,38-,39-,40-,41-,42-,43+,45-,46-,47-,52+,53+,54+,55+,56+,57+,58+,59+,60+,61+,62-,63-,64-,65-,66-,71+,72+,73+,74+,75+/m0/s1. The number of carbonyl (C=O) groups excluding carboxylic acids is 10. The molecular weight excluding hydrogens is 1590 g/mol. The van der Waals surface area contributed by atoms with Crippen LogP contribution < -0.4 is 48.3 Å². The van der Waals surface area contributed by atoms with Crippen molar-refractivity contribution in [2.45, 2.75) is 329 Å². The first-order valence-corrected chi connectivity index (χ1v) is 40.9. The molecule has 25 N–H and O–H groups in total. The van der Waals surface area contributed by atoms with Crippen molar-refractivity contribution in [2.24, 2.45) is 17.6 Å². The van der Waals surface area contributed by atoms with Gasteiger partial charge in [-0.15, -0.1) is 0 Å². The molecular formula is C75H131N9O35. The first-order chi connectivity index (χ1) is 56.4. The molecule has 0 aromatic rings. The van der Waals surface area contributed by atoms with Gasteiger partial charge in [-0.2, -0.15) is 0 Å². The Morgan fingerprint density at radius 1 is 0.303 bits per heavy atom. The highest BCUT2D eigenvalue weighted by Gasteiger charge is 2.47. The number of amides is 8. The Balaban J connectivity index is 1.32. The number of Topliss-reactive ketones (excluding diaryl/α,β-unsaturated/α-hetero) is 2. The monoisotopic (exact) mass is 1720 g/mol. The molecule has 119 heavy (non-hydrogen) atoms. The van der Waals surface area contributed by atoms with E-state index in [0.29, 0.717) is 25.8 Å². The second kappa shape index (κ2) is 53.3. The number of hydrogen-bond donors (Lipinski definition) is 24. The molecule has 0 unspecified atom stereocenters. The zero-order valence-electron chi connectivity index (χ0n) is 68.3. The fraction of sp³-hybridized carbons (Fsp3) is 0.867.